The minimum absolute atomic E-state index is 0. The van der Waals surface area contributed by atoms with Gasteiger partial charge in [0, 0.05) is 30.5 Å². The summed E-state index contributed by atoms with van der Waals surface area (Å²) in [6, 6.07) is 10.7. The first-order valence-electron chi connectivity index (χ1n) is 7.80. The number of thioether (sulfide) groups is 1. The predicted molar refractivity (Wildman–Crippen MR) is 97.8 cm³/mol. The van der Waals surface area contributed by atoms with Gasteiger partial charge in [-0.25, -0.2) is 0 Å². The van der Waals surface area contributed by atoms with Crippen LogP contribution in [-0.4, -0.2) is 30.0 Å². The Morgan fingerprint density at radius 2 is 2.09 bits per heavy atom. The van der Waals surface area contributed by atoms with Gasteiger partial charge in [0.05, 0.1) is 6.04 Å². The average molecular weight is 343 g/mol. The number of benzene rings is 1. The Morgan fingerprint density at radius 1 is 1.36 bits per heavy atom. The summed E-state index contributed by atoms with van der Waals surface area (Å²) in [5.41, 5.74) is 1.20. The van der Waals surface area contributed by atoms with Gasteiger partial charge in [-0.05, 0) is 17.9 Å². The molecule has 1 aliphatic heterocycles. The van der Waals surface area contributed by atoms with Crippen molar-refractivity contribution in [2.24, 2.45) is 5.92 Å². The maximum Gasteiger partial charge on any atom is 0.222 e. The Labute approximate surface area is 144 Å². The van der Waals surface area contributed by atoms with Crippen LogP contribution in [0.1, 0.15) is 38.3 Å². The molecule has 0 bridgehead atoms. The van der Waals surface area contributed by atoms with Crippen molar-refractivity contribution in [3.8, 4) is 0 Å². The van der Waals surface area contributed by atoms with Gasteiger partial charge in [-0.1, -0.05) is 44.2 Å². The van der Waals surface area contributed by atoms with E-state index in [1.807, 2.05) is 30.0 Å². The standard InChI is InChI=1S/C17H26N2OS.ClH/c1-13(2)10-16(14-6-4-3-5-7-14)19-17(20)11-15-12-21-9-8-18-15;/h3-7,13,15-16,18H,8-12H2,1-2H3,(H,19,20);1H. The van der Waals surface area contributed by atoms with E-state index in [0.717, 1.165) is 24.5 Å². The van der Waals surface area contributed by atoms with Crippen LogP contribution in [0.3, 0.4) is 0 Å². The molecule has 3 nitrogen and oxygen atoms in total. The highest BCUT2D eigenvalue weighted by atomic mass is 35.5. The smallest absolute Gasteiger partial charge is 0.222 e. The highest BCUT2D eigenvalue weighted by Crippen LogP contribution is 2.21. The van der Waals surface area contributed by atoms with E-state index in [-0.39, 0.29) is 24.4 Å². The molecule has 0 radical (unpaired) electrons. The third-order valence-corrected chi connectivity index (χ3v) is 4.81. The molecule has 1 saturated heterocycles. The second-order valence-electron chi connectivity index (χ2n) is 6.09. The largest absolute Gasteiger partial charge is 0.349 e. The minimum Gasteiger partial charge on any atom is -0.349 e. The topological polar surface area (TPSA) is 41.1 Å². The Morgan fingerprint density at radius 3 is 2.68 bits per heavy atom. The van der Waals surface area contributed by atoms with Crippen LogP contribution in [-0.2, 0) is 4.79 Å². The van der Waals surface area contributed by atoms with Gasteiger partial charge in [-0.15, -0.1) is 12.4 Å². The molecule has 124 valence electrons. The van der Waals surface area contributed by atoms with Crippen LogP contribution >= 0.6 is 24.2 Å². The Bertz CT molecular complexity index is 436. The van der Waals surface area contributed by atoms with Gasteiger partial charge >= 0.3 is 0 Å². The van der Waals surface area contributed by atoms with E-state index >= 15 is 0 Å². The minimum atomic E-state index is 0. The van der Waals surface area contributed by atoms with Gasteiger partial charge in [-0.2, -0.15) is 11.8 Å². The fourth-order valence-electron chi connectivity index (χ4n) is 2.66. The van der Waals surface area contributed by atoms with Crippen LogP contribution in [0.25, 0.3) is 0 Å². The van der Waals surface area contributed by atoms with Crippen LogP contribution in [0.2, 0.25) is 0 Å². The predicted octanol–water partition coefficient (Wildman–Crippen LogP) is 3.41. The molecule has 1 fully saturated rings. The zero-order chi connectivity index (χ0) is 15.1. The molecule has 1 heterocycles. The van der Waals surface area contributed by atoms with E-state index in [2.05, 4.69) is 36.6 Å². The molecule has 2 unspecified atom stereocenters. The lowest BCUT2D eigenvalue weighted by Crippen LogP contribution is -2.42. The molecule has 0 aromatic heterocycles. The quantitative estimate of drug-likeness (QED) is 0.832. The molecule has 1 amide bonds. The van der Waals surface area contributed by atoms with Crippen LogP contribution in [0, 0.1) is 5.92 Å². The van der Waals surface area contributed by atoms with Crippen LogP contribution in [0.15, 0.2) is 30.3 Å². The molecule has 2 N–H and O–H groups in total. The molecule has 0 spiro atoms. The summed E-state index contributed by atoms with van der Waals surface area (Å²) in [6.45, 7) is 5.40. The van der Waals surface area contributed by atoms with Gasteiger partial charge in [0.15, 0.2) is 0 Å². The first-order chi connectivity index (χ1) is 10.1. The fourth-order valence-corrected chi connectivity index (χ4v) is 3.61. The van der Waals surface area contributed by atoms with E-state index in [9.17, 15) is 4.79 Å². The van der Waals surface area contributed by atoms with Gasteiger partial charge in [0.2, 0.25) is 5.91 Å². The normalized spacial score (nSPS) is 19.3. The second kappa shape index (κ2) is 10.1. The number of carbonyl (C=O) groups excluding carboxylic acids is 1. The van der Waals surface area contributed by atoms with E-state index in [4.69, 9.17) is 0 Å². The van der Waals surface area contributed by atoms with Crippen LogP contribution < -0.4 is 10.6 Å². The Kier molecular flexibility index (Phi) is 8.91. The summed E-state index contributed by atoms with van der Waals surface area (Å²) in [4.78, 5) is 12.3. The summed E-state index contributed by atoms with van der Waals surface area (Å²) >= 11 is 1.93. The van der Waals surface area contributed by atoms with Crippen LogP contribution in [0.4, 0.5) is 0 Å². The Balaban J connectivity index is 0.00000242. The van der Waals surface area contributed by atoms with Crippen molar-refractivity contribution < 1.29 is 4.79 Å². The van der Waals surface area contributed by atoms with E-state index in [1.165, 1.54) is 5.56 Å². The summed E-state index contributed by atoms with van der Waals surface area (Å²) in [5.74, 6) is 2.90. The molecule has 1 aliphatic rings. The van der Waals surface area contributed by atoms with E-state index in [0.29, 0.717) is 18.4 Å². The number of hydrogen-bond donors (Lipinski definition) is 2. The molecule has 1 aromatic rings. The highest BCUT2D eigenvalue weighted by molar-refractivity contribution is 7.99. The lowest BCUT2D eigenvalue weighted by molar-refractivity contribution is -0.122. The number of rotatable bonds is 6. The highest BCUT2D eigenvalue weighted by Gasteiger charge is 2.20. The van der Waals surface area contributed by atoms with Gasteiger partial charge < -0.3 is 10.6 Å². The molecular weight excluding hydrogens is 316 g/mol. The van der Waals surface area contributed by atoms with Crippen molar-refractivity contribution in [3.63, 3.8) is 0 Å². The van der Waals surface area contributed by atoms with Crippen molar-refractivity contribution in [2.45, 2.75) is 38.8 Å². The van der Waals surface area contributed by atoms with Crippen molar-refractivity contribution in [3.05, 3.63) is 35.9 Å². The van der Waals surface area contributed by atoms with Crippen molar-refractivity contribution in [2.75, 3.05) is 18.1 Å². The second-order valence-corrected chi connectivity index (χ2v) is 7.24. The van der Waals surface area contributed by atoms with E-state index in [1.54, 1.807) is 0 Å². The van der Waals surface area contributed by atoms with Gasteiger partial charge in [-0.3, -0.25) is 4.79 Å². The number of halogens is 1. The molecule has 0 aliphatic carbocycles. The number of amides is 1. The molecule has 2 atom stereocenters. The maximum atomic E-state index is 12.3. The van der Waals surface area contributed by atoms with Crippen LogP contribution in [0.5, 0.6) is 0 Å². The first-order valence-corrected chi connectivity index (χ1v) is 8.96. The molecule has 1 aromatic carbocycles. The van der Waals surface area contributed by atoms with Gasteiger partial charge in [0.25, 0.3) is 0 Å². The first kappa shape index (κ1) is 19.3. The zero-order valence-electron chi connectivity index (χ0n) is 13.4. The molecule has 22 heavy (non-hydrogen) atoms. The number of nitrogens with one attached hydrogen (secondary N) is 2. The van der Waals surface area contributed by atoms with E-state index < -0.39 is 0 Å². The summed E-state index contributed by atoms with van der Waals surface area (Å²) in [7, 11) is 0. The number of hydrogen-bond acceptors (Lipinski definition) is 3. The van der Waals surface area contributed by atoms with Gasteiger partial charge in [0.1, 0.15) is 0 Å². The monoisotopic (exact) mass is 342 g/mol. The summed E-state index contributed by atoms with van der Waals surface area (Å²) in [5, 5.41) is 6.65. The third-order valence-electron chi connectivity index (χ3n) is 3.67. The fraction of sp³-hybridized carbons (Fsp3) is 0.588. The summed E-state index contributed by atoms with van der Waals surface area (Å²) in [6.07, 6.45) is 1.55. The SMILES string of the molecule is CC(C)CC(NC(=O)CC1CSCCN1)c1ccccc1.Cl. The lowest BCUT2D eigenvalue weighted by atomic mass is 9.96. The average Bonchev–Trinajstić information content (AvgIpc) is 2.48. The van der Waals surface area contributed by atoms with Crippen molar-refractivity contribution in [1.82, 2.24) is 10.6 Å². The lowest BCUT2D eigenvalue weighted by Gasteiger charge is -2.25. The molecule has 2 rings (SSSR count). The van der Waals surface area contributed by atoms with Crippen molar-refractivity contribution >= 4 is 30.1 Å². The summed E-state index contributed by atoms with van der Waals surface area (Å²) < 4.78 is 0. The molecule has 0 saturated carbocycles. The number of carbonyl (C=O) groups is 1. The molecular formula is C17H27ClN2OS. The maximum absolute atomic E-state index is 12.3. The van der Waals surface area contributed by atoms with Crippen molar-refractivity contribution in [1.29, 1.82) is 0 Å². The zero-order valence-corrected chi connectivity index (χ0v) is 15.0. The third kappa shape index (κ3) is 6.59. The molecule has 5 heteroatoms. The Hall–Kier alpha value is -0.710.